The van der Waals surface area contributed by atoms with Gasteiger partial charge in [0, 0.05) is 18.8 Å². The zero-order valence-corrected chi connectivity index (χ0v) is 12.0. The summed E-state index contributed by atoms with van der Waals surface area (Å²) in [7, 11) is 0. The highest BCUT2D eigenvalue weighted by atomic mass is 15.0. The van der Waals surface area contributed by atoms with Crippen molar-refractivity contribution >= 4 is 0 Å². The quantitative estimate of drug-likeness (QED) is 0.892. The van der Waals surface area contributed by atoms with Gasteiger partial charge in [-0.05, 0) is 43.6 Å². The molecule has 1 aromatic heterocycles. The van der Waals surface area contributed by atoms with Crippen molar-refractivity contribution in [1.82, 2.24) is 15.3 Å². The molecule has 0 aromatic carbocycles. The molecule has 0 saturated heterocycles. The highest BCUT2D eigenvalue weighted by Gasteiger charge is 2.31. The van der Waals surface area contributed by atoms with E-state index in [0.717, 1.165) is 24.0 Å². The molecule has 100 valence electrons. The van der Waals surface area contributed by atoms with E-state index in [4.69, 9.17) is 0 Å². The Hall–Kier alpha value is -0.960. The maximum absolute atomic E-state index is 4.44. The fourth-order valence-corrected chi connectivity index (χ4v) is 3.35. The van der Waals surface area contributed by atoms with Crippen molar-refractivity contribution < 1.29 is 0 Å². The van der Waals surface area contributed by atoms with Gasteiger partial charge in [0.25, 0.3) is 0 Å². The van der Waals surface area contributed by atoms with Gasteiger partial charge in [-0.2, -0.15) is 0 Å². The van der Waals surface area contributed by atoms with Crippen LogP contribution in [0, 0.1) is 18.3 Å². The van der Waals surface area contributed by atoms with Crippen LogP contribution in [0.25, 0.3) is 0 Å². The second-order valence-electron chi connectivity index (χ2n) is 6.59. The van der Waals surface area contributed by atoms with Crippen LogP contribution in [0.5, 0.6) is 0 Å². The molecule has 2 unspecified atom stereocenters. The molecular formula is C15H25N3. The maximum Gasteiger partial charge on any atom is 0.125 e. The first-order chi connectivity index (χ1) is 8.44. The summed E-state index contributed by atoms with van der Waals surface area (Å²) in [4.78, 5) is 8.57. The number of nitrogens with zero attached hydrogens (tertiary/aromatic N) is 2. The Morgan fingerprint density at radius 3 is 2.83 bits per heavy atom. The molecular weight excluding hydrogens is 222 g/mol. The van der Waals surface area contributed by atoms with Gasteiger partial charge in [-0.1, -0.05) is 20.8 Å². The van der Waals surface area contributed by atoms with Crippen LogP contribution >= 0.6 is 0 Å². The lowest BCUT2D eigenvalue weighted by Gasteiger charge is -2.39. The van der Waals surface area contributed by atoms with Gasteiger partial charge in [-0.15, -0.1) is 0 Å². The van der Waals surface area contributed by atoms with Crippen molar-refractivity contribution in [2.24, 2.45) is 11.3 Å². The molecule has 2 atom stereocenters. The van der Waals surface area contributed by atoms with Gasteiger partial charge in [-0.25, -0.2) is 9.97 Å². The average Bonchev–Trinajstić information content (AvgIpc) is 2.24. The summed E-state index contributed by atoms with van der Waals surface area (Å²) >= 11 is 0. The van der Waals surface area contributed by atoms with Crippen molar-refractivity contribution in [3.05, 3.63) is 23.8 Å². The largest absolute Gasteiger partial charge is 0.308 e. The van der Waals surface area contributed by atoms with E-state index in [1.54, 1.807) is 0 Å². The molecule has 0 radical (unpaired) electrons. The van der Waals surface area contributed by atoms with Crippen LogP contribution in [0.4, 0.5) is 0 Å². The lowest BCUT2D eigenvalue weighted by molar-refractivity contribution is 0.150. The van der Waals surface area contributed by atoms with Gasteiger partial charge in [0.15, 0.2) is 0 Å². The summed E-state index contributed by atoms with van der Waals surface area (Å²) in [6.07, 6.45) is 5.74. The standard InChI is InChI=1S/C15H25N3/c1-11-7-14(9-15(3,4)8-11)17-10-13-5-6-16-12(2)18-13/h5-6,11,14,17H,7-10H2,1-4H3. The van der Waals surface area contributed by atoms with E-state index in [-0.39, 0.29) is 0 Å². The second kappa shape index (κ2) is 5.35. The van der Waals surface area contributed by atoms with Crippen molar-refractivity contribution in [2.75, 3.05) is 0 Å². The van der Waals surface area contributed by atoms with Crippen LogP contribution in [-0.2, 0) is 6.54 Å². The van der Waals surface area contributed by atoms with Crippen LogP contribution in [0.15, 0.2) is 12.3 Å². The van der Waals surface area contributed by atoms with E-state index in [9.17, 15) is 0 Å². The van der Waals surface area contributed by atoms with E-state index in [2.05, 4.69) is 36.1 Å². The molecule has 0 amide bonds. The molecule has 2 rings (SSSR count). The lowest BCUT2D eigenvalue weighted by Crippen LogP contribution is -2.39. The molecule has 3 heteroatoms. The summed E-state index contributed by atoms with van der Waals surface area (Å²) in [5.74, 6) is 1.67. The number of rotatable bonds is 3. The Labute approximate surface area is 110 Å². The molecule has 1 saturated carbocycles. The number of aromatic nitrogens is 2. The molecule has 1 aliphatic rings. The zero-order valence-electron chi connectivity index (χ0n) is 12.0. The number of nitrogens with one attached hydrogen (secondary N) is 1. The molecule has 1 fully saturated rings. The maximum atomic E-state index is 4.44. The SMILES string of the molecule is Cc1nccc(CNC2CC(C)CC(C)(C)C2)n1. The van der Waals surface area contributed by atoms with E-state index in [1.165, 1.54) is 19.3 Å². The van der Waals surface area contributed by atoms with Gasteiger partial charge in [0.1, 0.15) is 5.82 Å². The zero-order chi connectivity index (χ0) is 13.2. The van der Waals surface area contributed by atoms with Gasteiger partial charge < -0.3 is 5.32 Å². The molecule has 1 N–H and O–H groups in total. The van der Waals surface area contributed by atoms with Gasteiger partial charge in [-0.3, -0.25) is 0 Å². The molecule has 0 aliphatic heterocycles. The van der Waals surface area contributed by atoms with Crippen molar-refractivity contribution in [3.8, 4) is 0 Å². The second-order valence-corrected chi connectivity index (χ2v) is 6.59. The molecule has 0 spiro atoms. The Balaban J connectivity index is 1.90. The molecule has 0 bridgehead atoms. The number of hydrogen-bond donors (Lipinski definition) is 1. The summed E-state index contributed by atoms with van der Waals surface area (Å²) in [6, 6.07) is 2.62. The predicted octanol–water partition coefficient (Wildman–Crippen LogP) is 3.09. The van der Waals surface area contributed by atoms with Crippen molar-refractivity contribution in [1.29, 1.82) is 0 Å². The first kappa shape index (κ1) is 13.5. The van der Waals surface area contributed by atoms with Crippen LogP contribution < -0.4 is 5.32 Å². The first-order valence-corrected chi connectivity index (χ1v) is 6.96. The summed E-state index contributed by atoms with van der Waals surface area (Å²) in [5.41, 5.74) is 1.57. The van der Waals surface area contributed by atoms with E-state index < -0.39 is 0 Å². The van der Waals surface area contributed by atoms with Crippen LogP contribution in [0.2, 0.25) is 0 Å². The monoisotopic (exact) mass is 247 g/mol. The van der Waals surface area contributed by atoms with Crippen molar-refractivity contribution in [2.45, 2.75) is 59.5 Å². The van der Waals surface area contributed by atoms with E-state index in [0.29, 0.717) is 11.5 Å². The summed E-state index contributed by atoms with van der Waals surface area (Å²) in [5, 5.41) is 3.66. The highest BCUT2D eigenvalue weighted by molar-refractivity contribution is 5.01. The fourth-order valence-electron chi connectivity index (χ4n) is 3.35. The fraction of sp³-hybridized carbons (Fsp3) is 0.733. The first-order valence-electron chi connectivity index (χ1n) is 6.96. The Kier molecular flexibility index (Phi) is 4.00. The van der Waals surface area contributed by atoms with Gasteiger partial charge in [0.2, 0.25) is 0 Å². The highest BCUT2D eigenvalue weighted by Crippen LogP contribution is 2.38. The summed E-state index contributed by atoms with van der Waals surface area (Å²) in [6.45, 7) is 9.93. The van der Waals surface area contributed by atoms with Crippen LogP contribution in [-0.4, -0.2) is 16.0 Å². The minimum Gasteiger partial charge on any atom is -0.308 e. The van der Waals surface area contributed by atoms with E-state index >= 15 is 0 Å². The number of hydrogen-bond acceptors (Lipinski definition) is 3. The Morgan fingerprint density at radius 1 is 1.39 bits per heavy atom. The van der Waals surface area contributed by atoms with Crippen LogP contribution in [0.1, 0.15) is 51.6 Å². The molecule has 1 heterocycles. The third-order valence-corrected chi connectivity index (χ3v) is 3.79. The normalized spacial score (nSPS) is 27.1. The minimum absolute atomic E-state index is 0.469. The lowest BCUT2D eigenvalue weighted by atomic mass is 9.70. The van der Waals surface area contributed by atoms with Gasteiger partial charge in [0.05, 0.1) is 5.69 Å². The third kappa shape index (κ3) is 3.77. The molecule has 3 nitrogen and oxygen atoms in total. The molecule has 1 aliphatic carbocycles. The topological polar surface area (TPSA) is 37.8 Å². The minimum atomic E-state index is 0.469. The molecule has 1 aromatic rings. The number of aryl methyl sites for hydroxylation is 1. The third-order valence-electron chi connectivity index (χ3n) is 3.79. The predicted molar refractivity (Wildman–Crippen MR) is 74.2 cm³/mol. The van der Waals surface area contributed by atoms with E-state index in [1.807, 2.05) is 19.2 Å². The van der Waals surface area contributed by atoms with Crippen molar-refractivity contribution in [3.63, 3.8) is 0 Å². The Morgan fingerprint density at radius 2 is 2.17 bits per heavy atom. The van der Waals surface area contributed by atoms with Gasteiger partial charge >= 0.3 is 0 Å². The smallest absolute Gasteiger partial charge is 0.125 e. The average molecular weight is 247 g/mol. The Bertz CT molecular complexity index is 400. The van der Waals surface area contributed by atoms with Crippen LogP contribution in [0.3, 0.4) is 0 Å². The summed E-state index contributed by atoms with van der Waals surface area (Å²) < 4.78 is 0. The molecule has 18 heavy (non-hydrogen) atoms.